The molecule has 0 amide bonds. The number of hydrogen-bond acceptors (Lipinski definition) is 9. The Balaban J connectivity index is 1.33. The maximum atomic E-state index is 8.62. The largest absolute Gasteiger partial charge is 0.497 e. The second-order valence-corrected chi connectivity index (χ2v) is 9.54. The van der Waals surface area contributed by atoms with Gasteiger partial charge in [0.1, 0.15) is 5.75 Å². The van der Waals surface area contributed by atoms with E-state index >= 15 is 0 Å². The minimum absolute atomic E-state index is 0.0258. The van der Waals surface area contributed by atoms with Gasteiger partial charge < -0.3 is 38.3 Å². The zero-order valence-corrected chi connectivity index (χ0v) is 25.3. The predicted octanol–water partition coefficient (Wildman–Crippen LogP) is 3.67. The van der Waals surface area contributed by atoms with Crippen LogP contribution < -0.4 is 10.1 Å². The van der Waals surface area contributed by atoms with Gasteiger partial charge in [0, 0.05) is 6.54 Å². The van der Waals surface area contributed by atoms with E-state index in [2.05, 4.69) is 66.0 Å². The summed E-state index contributed by atoms with van der Waals surface area (Å²) in [7, 11) is 1.68. The Kier molecular flexibility index (Phi) is 17.5. The predicted molar refractivity (Wildman–Crippen MR) is 166 cm³/mol. The van der Waals surface area contributed by atoms with Gasteiger partial charge in [-0.2, -0.15) is 0 Å². The van der Waals surface area contributed by atoms with Gasteiger partial charge in [0.15, 0.2) is 0 Å². The number of benzene rings is 3. The molecule has 0 aliphatic rings. The lowest BCUT2D eigenvalue weighted by atomic mass is 9.77. The standard InChI is InChI=1S/C34H47NO8/c1-37-33-14-12-32(13-15-33)34(30-8-4-2-5-9-30,31-10-6-3-7-11-31)35-16-18-38-20-22-40-24-26-42-28-29-43-27-25-41-23-21-39-19-17-36/h2-15,35-36H,16-29H2,1H3. The molecule has 3 rings (SSSR count). The van der Waals surface area contributed by atoms with Gasteiger partial charge >= 0.3 is 0 Å². The minimum Gasteiger partial charge on any atom is -0.497 e. The van der Waals surface area contributed by atoms with Gasteiger partial charge in [-0.05, 0) is 28.8 Å². The highest BCUT2D eigenvalue weighted by Crippen LogP contribution is 2.37. The number of hydrogen-bond donors (Lipinski definition) is 2. The molecule has 2 N–H and O–H groups in total. The summed E-state index contributed by atoms with van der Waals surface area (Å²) in [4.78, 5) is 0. The minimum atomic E-state index is -0.557. The highest BCUT2D eigenvalue weighted by Gasteiger charge is 2.35. The van der Waals surface area contributed by atoms with Crippen LogP contribution in [0.2, 0.25) is 0 Å². The molecule has 0 atom stereocenters. The molecular weight excluding hydrogens is 550 g/mol. The molecule has 3 aromatic carbocycles. The van der Waals surface area contributed by atoms with Crippen molar-refractivity contribution in [3.05, 3.63) is 102 Å². The SMILES string of the molecule is COc1ccc(C(NCCOCCOCCOCCOCCOCCOCCO)(c2ccccc2)c2ccccc2)cc1. The van der Waals surface area contributed by atoms with E-state index in [1.165, 1.54) is 0 Å². The first-order valence-electron chi connectivity index (χ1n) is 14.9. The molecule has 9 nitrogen and oxygen atoms in total. The Bertz CT molecular complexity index is 1030. The zero-order chi connectivity index (χ0) is 30.3. The summed E-state index contributed by atoms with van der Waals surface area (Å²) < 4.78 is 38.4. The van der Waals surface area contributed by atoms with Crippen LogP contribution in [0.4, 0.5) is 0 Å². The van der Waals surface area contributed by atoms with Crippen molar-refractivity contribution in [1.82, 2.24) is 5.32 Å². The normalized spacial score (nSPS) is 11.6. The van der Waals surface area contributed by atoms with Gasteiger partial charge in [0.2, 0.25) is 0 Å². The Morgan fingerprint density at radius 3 is 1.26 bits per heavy atom. The summed E-state index contributed by atoms with van der Waals surface area (Å²) in [6.45, 7) is 6.52. The van der Waals surface area contributed by atoms with Crippen LogP contribution in [0.25, 0.3) is 0 Å². The highest BCUT2D eigenvalue weighted by atomic mass is 16.6. The number of nitrogens with one attached hydrogen (secondary N) is 1. The van der Waals surface area contributed by atoms with Crippen molar-refractivity contribution in [2.24, 2.45) is 0 Å². The lowest BCUT2D eigenvalue weighted by Crippen LogP contribution is -2.46. The lowest BCUT2D eigenvalue weighted by molar-refractivity contribution is -0.0181. The average molecular weight is 598 g/mol. The van der Waals surface area contributed by atoms with Crippen LogP contribution in [-0.2, 0) is 34.0 Å². The molecule has 0 aromatic heterocycles. The molecule has 0 spiro atoms. The van der Waals surface area contributed by atoms with Crippen molar-refractivity contribution < 1.29 is 38.3 Å². The Morgan fingerprint density at radius 1 is 0.488 bits per heavy atom. The van der Waals surface area contributed by atoms with Gasteiger partial charge in [-0.15, -0.1) is 0 Å². The number of aliphatic hydroxyl groups is 1. The second kappa shape index (κ2) is 21.8. The van der Waals surface area contributed by atoms with E-state index < -0.39 is 5.54 Å². The molecule has 0 radical (unpaired) electrons. The van der Waals surface area contributed by atoms with Crippen molar-refractivity contribution in [2.45, 2.75) is 5.54 Å². The van der Waals surface area contributed by atoms with Crippen molar-refractivity contribution >= 4 is 0 Å². The molecule has 9 heteroatoms. The third-order valence-corrected chi connectivity index (χ3v) is 6.67. The Morgan fingerprint density at radius 2 is 0.860 bits per heavy atom. The van der Waals surface area contributed by atoms with Crippen molar-refractivity contribution in [3.8, 4) is 5.75 Å². The average Bonchev–Trinajstić information content (AvgIpc) is 3.06. The summed E-state index contributed by atoms with van der Waals surface area (Å²) in [5.74, 6) is 0.820. The molecular formula is C34H47NO8. The summed E-state index contributed by atoms with van der Waals surface area (Å²) in [5, 5.41) is 12.4. The summed E-state index contributed by atoms with van der Waals surface area (Å²) in [5.41, 5.74) is 2.86. The fraction of sp³-hybridized carbons (Fsp3) is 0.471. The van der Waals surface area contributed by atoms with Crippen molar-refractivity contribution in [1.29, 1.82) is 0 Å². The summed E-state index contributed by atoms with van der Waals surface area (Å²) in [6.07, 6.45) is 0. The number of methoxy groups -OCH3 is 1. The second-order valence-electron chi connectivity index (χ2n) is 9.54. The topological polar surface area (TPSA) is 96.9 Å². The van der Waals surface area contributed by atoms with Crippen LogP contribution in [0, 0.1) is 0 Å². The molecule has 3 aromatic rings. The number of aliphatic hydroxyl groups excluding tert-OH is 1. The fourth-order valence-electron chi connectivity index (χ4n) is 4.60. The first-order valence-corrected chi connectivity index (χ1v) is 14.9. The third-order valence-electron chi connectivity index (χ3n) is 6.67. The van der Waals surface area contributed by atoms with Crippen LogP contribution >= 0.6 is 0 Å². The monoisotopic (exact) mass is 597 g/mol. The van der Waals surface area contributed by atoms with Crippen LogP contribution in [0.1, 0.15) is 16.7 Å². The first kappa shape index (κ1) is 34.6. The van der Waals surface area contributed by atoms with E-state index in [9.17, 15) is 0 Å². The maximum Gasteiger partial charge on any atom is 0.118 e. The molecule has 0 fully saturated rings. The van der Waals surface area contributed by atoms with Gasteiger partial charge in [0.05, 0.1) is 98.5 Å². The number of rotatable bonds is 25. The highest BCUT2D eigenvalue weighted by molar-refractivity contribution is 5.50. The van der Waals surface area contributed by atoms with Gasteiger partial charge in [0.25, 0.3) is 0 Å². The van der Waals surface area contributed by atoms with E-state index in [-0.39, 0.29) is 6.61 Å². The van der Waals surface area contributed by atoms with Crippen LogP contribution in [0.3, 0.4) is 0 Å². The van der Waals surface area contributed by atoms with E-state index in [1.807, 2.05) is 24.3 Å². The Labute approximate surface area is 256 Å². The quantitative estimate of drug-likeness (QED) is 0.112. The Hall–Kier alpha value is -2.86. The van der Waals surface area contributed by atoms with Crippen LogP contribution in [0.5, 0.6) is 5.75 Å². The van der Waals surface area contributed by atoms with E-state index in [0.29, 0.717) is 85.8 Å². The maximum absolute atomic E-state index is 8.62. The zero-order valence-electron chi connectivity index (χ0n) is 25.3. The van der Waals surface area contributed by atoms with E-state index in [1.54, 1.807) is 7.11 Å². The third kappa shape index (κ3) is 12.3. The first-order chi connectivity index (χ1) is 21.3. The summed E-state index contributed by atoms with van der Waals surface area (Å²) >= 11 is 0. The molecule has 43 heavy (non-hydrogen) atoms. The van der Waals surface area contributed by atoms with Crippen molar-refractivity contribution in [3.63, 3.8) is 0 Å². The fourth-order valence-corrected chi connectivity index (χ4v) is 4.60. The van der Waals surface area contributed by atoms with E-state index in [0.717, 1.165) is 22.4 Å². The number of ether oxygens (including phenoxy) is 7. The molecule has 0 heterocycles. The lowest BCUT2D eigenvalue weighted by Gasteiger charge is -2.37. The molecule has 0 aliphatic heterocycles. The molecule has 0 unspecified atom stereocenters. The van der Waals surface area contributed by atoms with Crippen LogP contribution in [0.15, 0.2) is 84.9 Å². The smallest absolute Gasteiger partial charge is 0.118 e. The van der Waals surface area contributed by atoms with Gasteiger partial charge in [-0.1, -0.05) is 72.8 Å². The van der Waals surface area contributed by atoms with E-state index in [4.69, 9.17) is 38.3 Å². The van der Waals surface area contributed by atoms with Crippen molar-refractivity contribution in [2.75, 3.05) is 99.5 Å². The summed E-state index contributed by atoms with van der Waals surface area (Å²) in [6, 6.07) is 29.2. The molecule has 0 bridgehead atoms. The van der Waals surface area contributed by atoms with Crippen LogP contribution in [-0.4, -0.2) is 105 Å². The van der Waals surface area contributed by atoms with Gasteiger partial charge in [-0.25, -0.2) is 0 Å². The molecule has 0 saturated heterocycles. The molecule has 0 aliphatic carbocycles. The molecule has 236 valence electrons. The molecule has 0 saturated carbocycles. The van der Waals surface area contributed by atoms with Gasteiger partial charge in [-0.3, -0.25) is 5.32 Å².